The van der Waals surface area contributed by atoms with Crippen LogP contribution in [0.2, 0.25) is 0 Å². The Morgan fingerprint density at radius 3 is 2.43 bits per heavy atom. The number of aromatic nitrogens is 2. The fraction of sp³-hybridized carbons (Fsp3) is 0.348. The number of carbonyl (C=O) groups is 1. The molecular weight excluding hydrogens is 380 g/mol. The number of aliphatic hydroxyl groups is 1. The maximum atomic E-state index is 12.4. The van der Waals surface area contributed by atoms with Crippen LogP contribution in [0, 0.1) is 6.92 Å². The number of aromatic hydroxyl groups is 1. The van der Waals surface area contributed by atoms with Gasteiger partial charge in [-0.25, -0.2) is 9.97 Å². The number of carbonyl (C=O) groups excluding carboxylic acids is 1. The van der Waals surface area contributed by atoms with E-state index in [9.17, 15) is 15.0 Å². The maximum absolute atomic E-state index is 12.4. The Labute approximate surface area is 177 Å². The number of hydrogen-bond acceptors (Lipinski definition) is 6. The van der Waals surface area contributed by atoms with Crippen molar-refractivity contribution < 1.29 is 16.4 Å². The smallest absolute Gasteiger partial charge is 0.254 e. The number of anilines is 1. The maximum Gasteiger partial charge on any atom is 0.254 e. The number of piperazine rings is 1. The topological polar surface area (TPSA) is 89.8 Å². The molecular formula is C23H28N4O3. The fourth-order valence-electron chi connectivity index (χ4n) is 3.76. The van der Waals surface area contributed by atoms with E-state index in [0.29, 0.717) is 37.6 Å². The average molecular weight is 409 g/mol. The van der Waals surface area contributed by atoms with E-state index in [0.717, 1.165) is 22.3 Å². The second kappa shape index (κ2) is 7.57. The molecule has 1 aromatic heterocycles. The summed E-state index contributed by atoms with van der Waals surface area (Å²) >= 11 is 0. The Morgan fingerprint density at radius 2 is 1.77 bits per heavy atom. The molecule has 0 aliphatic carbocycles. The zero-order valence-corrected chi connectivity index (χ0v) is 17.5. The number of rotatable bonds is 3. The van der Waals surface area contributed by atoms with Gasteiger partial charge in [-0.1, -0.05) is 18.2 Å². The van der Waals surface area contributed by atoms with E-state index in [1.807, 2.05) is 31.2 Å². The summed E-state index contributed by atoms with van der Waals surface area (Å²) in [4.78, 5) is 25.7. The zero-order valence-electron chi connectivity index (χ0n) is 17.5. The van der Waals surface area contributed by atoms with Crippen LogP contribution in [0.5, 0.6) is 5.75 Å². The predicted molar refractivity (Wildman–Crippen MR) is 119 cm³/mol. The molecule has 0 atom stereocenters. The van der Waals surface area contributed by atoms with Gasteiger partial charge in [0.25, 0.3) is 5.91 Å². The average Bonchev–Trinajstić information content (AvgIpc) is 2.72. The van der Waals surface area contributed by atoms with Gasteiger partial charge in [-0.05, 0) is 50.6 Å². The summed E-state index contributed by atoms with van der Waals surface area (Å²) in [6, 6.07) is 13.1. The van der Waals surface area contributed by atoms with Crippen molar-refractivity contribution in [1.29, 1.82) is 0 Å². The molecule has 3 aromatic rings. The van der Waals surface area contributed by atoms with Gasteiger partial charge in [0.2, 0.25) is 0 Å². The molecule has 4 rings (SSSR count). The van der Waals surface area contributed by atoms with Crippen molar-refractivity contribution in [2.75, 3.05) is 31.1 Å². The first-order chi connectivity index (χ1) is 14.2. The van der Waals surface area contributed by atoms with Crippen molar-refractivity contribution in [3.63, 3.8) is 0 Å². The van der Waals surface area contributed by atoms with Crippen LogP contribution in [0.1, 0.15) is 20.8 Å². The highest BCUT2D eigenvalue weighted by atomic mass is 16.3. The molecule has 1 amide bonds. The van der Waals surface area contributed by atoms with E-state index in [-0.39, 0.29) is 13.1 Å². The van der Waals surface area contributed by atoms with Gasteiger partial charge in [0.15, 0.2) is 5.82 Å². The predicted octanol–water partition coefficient (Wildman–Crippen LogP) is 2.98. The van der Waals surface area contributed by atoms with Crippen LogP contribution in [0.4, 0.5) is 5.82 Å². The van der Waals surface area contributed by atoms with Crippen LogP contribution < -0.4 is 4.90 Å². The number of nitrogens with zero attached hydrogens (tertiary/aromatic N) is 4. The first kappa shape index (κ1) is 20.1. The minimum Gasteiger partial charge on any atom is -0.507 e. The summed E-state index contributed by atoms with van der Waals surface area (Å²) < 4.78 is 0. The van der Waals surface area contributed by atoms with Gasteiger partial charge in [0.05, 0.1) is 11.1 Å². The van der Waals surface area contributed by atoms with E-state index >= 15 is 0 Å². The number of phenols is 1. The summed E-state index contributed by atoms with van der Waals surface area (Å²) in [5.41, 5.74) is 1.11. The molecule has 2 aromatic carbocycles. The second-order valence-corrected chi connectivity index (χ2v) is 8.25. The molecule has 0 bridgehead atoms. The van der Waals surface area contributed by atoms with Crippen LogP contribution in [0.15, 0.2) is 42.5 Å². The van der Waals surface area contributed by atoms with E-state index in [1.54, 1.807) is 23.1 Å². The number of amides is 1. The summed E-state index contributed by atoms with van der Waals surface area (Å²) in [6.45, 7) is 7.26. The van der Waals surface area contributed by atoms with Crippen LogP contribution >= 0.6 is 0 Å². The lowest BCUT2D eigenvalue weighted by molar-refractivity contribution is -0.148. The third-order valence-electron chi connectivity index (χ3n) is 5.37. The van der Waals surface area contributed by atoms with Gasteiger partial charge >= 0.3 is 0 Å². The molecule has 30 heavy (non-hydrogen) atoms. The number of fused-ring (bicyclic) bond motifs is 1. The van der Waals surface area contributed by atoms with Crippen molar-refractivity contribution in [3.8, 4) is 17.1 Å². The minimum absolute atomic E-state index is 0. The fourth-order valence-corrected chi connectivity index (χ4v) is 3.76. The van der Waals surface area contributed by atoms with Crippen LogP contribution in [-0.4, -0.2) is 62.8 Å². The zero-order chi connectivity index (χ0) is 21.5. The quantitative estimate of drug-likeness (QED) is 0.693. The molecule has 7 heteroatoms. The molecule has 1 saturated heterocycles. The van der Waals surface area contributed by atoms with Crippen molar-refractivity contribution in [1.82, 2.24) is 14.9 Å². The molecule has 0 spiro atoms. The van der Waals surface area contributed by atoms with Crippen molar-refractivity contribution in [2.45, 2.75) is 26.4 Å². The minimum atomic E-state index is -1.38. The monoisotopic (exact) mass is 408 g/mol. The van der Waals surface area contributed by atoms with Gasteiger partial charge in [0.1, 0.15) is 17.2 Å². The second-order valence-electron chi connectivity index (χ2n) is 8.25. The van der Waals surface area contributed by atoms with Gasteiger partial charge in [-0.3, -0.25) is 4.79 Å². The summed E-state index contributed by atoms with van der Waals surface area (Å²) in [7, 11) is 0. The van der Waals surface area contributed by atoms with Crippen molar-refractivity contribution >= 4 is 22.6 Å². The van der Waals surface area contributed by atoms with Crippen LogP contribution in [-0.2, 0) is 4.79 Å². The molecule has 0 radical (unpaired) electrons. The van der Waals surface area contributed by atoms with E-state index in [2.05, 4.69) is 4.90 Å². The Bertz CT molecular complexity index is 1110. The van der Waals surface area contributed by atoms with Crippen molar-refractivity contribution in [3.05, 3.63) is 48.0 Å². The first-order valence-electron chi connectivity index (χ1n) is 10.1. The van der Waals surface area contributed by atoms with Crippen molar-refractivity contribution in [2.24, 2.45) is 0 Å². The number of hydrogen-bond donors (Lipinski definition) is 2. The molecule has 158 valence electrons. The van der Waals surface area contributed by atoms with Crippen LogP contribution in [0.25, 0.3) is 22.3 Å². The number of aryl methyl sites for hydroxylation is 1. The number of para-hydroxylation sites is 1. The molecule has 2 N–H and O–H groups in total. The highest BCUT2D eigenvalue weighted by molar-refractivity contribution is 5.92. The molecule has 1 aliphatic heterocycles. The first-order valence-corrected chi connectivity index (χ1v) is 10.1. The Kier molecular flexibility index (Phi) is 5.07. The SMILES string of the molecule is Cc1ccc2c(N3CCN(C(=O)C(C)(C)O)CC3)nc(-c3ccccc3O)nc2c1.[HH]. The summed E-state index contributed by atoms with van der Waals surface area (Å²) in [5.74, 6) is 1.13. The lowest BCUT2D eigenvalue weighted by atomic mass is 10.1. The lowest BCUT2D eigenvalue weighted by Gasteiger charge is -2.38. The highest BCUT2D eigenvalue weighted by Gasteiger charge is 2.32. The third-order valence-corrected chi connectivity index (χ3v) is 5.37. The normalized spacial score (nSPS) is 14.9. The standard InChI is InChI=1S/C23H26N4O3.H2/c1-15-8-9-16-18(14-15)24-20(17-6-4-5-7-19(17)28)25-21(16)26-10-12-27(13-11-26)22(29)23(2,3)30;/h4-9,14,28,30H,10-13H2,1-3H3;1H. The third kappa shape index (κ3) is 3.80. The Hall–Kier alpha value is -3.19. The molecule has 0 saturated carbocycles. The van der Waals surface area contributed by atoms with Gasteiger partial charge in [0, 0.05) is 33.0 Å². The number of phenolic OH excluding ortho intramolecular Hbond substituents is 1. The molecule has 7 nitrogen and oxygen atoms in total. The van der Waals surface area contributed by atoms with Crippen LogP contribution in [0.3, 0.4) is 0 Å². The number of benzene rings is 2. The summed E-state index contributed by atoms with van der Waals surface area (Å²) in [5, 5.41) is 21.3. The van der Waals surface area contributed by atoms with Gasteiger partial charge < -0.3 is 20.0 Å². The summed E-state index contributed by atoms with van der Waals surface area (Å²) in [6.07, 6.45) is 0. The lowest BCUT2D eigenvalue weighted by Crippen LogP contribution is -2.54. The van der Waals surface area contributed by atoms with Gasteiger partial charge in [-0.15, -0.1) is 0 Å². The molecule has 1 aliphatic rings. The molecule has 1 fully saturated rings. The van der Waals surface area contributed by atoms with Gasteiger partial charge in [-0.2, -0.15) is 0 Å². The highest BCUT2D eigenvalue weighted by Crippen LogP contribution is 2.32. The Balaban J connectivity index is 0.00000272. The van der Waals surface area contributed by atoms with E-state index in [4.69, 9.17) is 9.97 Å². The van der Waals surface area contributed by atoms with E-state index < -0.39 is 5.60 Å². The Morgan fingerprint density at radius 1 is 1.07 bits per heavy atom. The molecule has 2 heterocycles. The van der Waals surface area contributed by atoms with E-state index in [1.165, 1.54) is 13.8 Å². The molecule has 0 unspecified atom stereocenters. The largest absolute Gasteiger partial charge is 0.507 e.